The van der Waals surface area contributed by atoms with Crippen LogP contribution in [-0.4, -0.2) is 56.3 Å². The Labute approximate surface area is 176 Å². The Morgan fingerprint density at radius 3 is 2.23 bits per heavy atom. The van der Waals surface area contributed by atoms with Crippen molar-refractivity contribution < 1.29 is 17.9 Å². The molecule has 0 atom stereocenters. The van der Waals surface area contributed by atoms with Crippen LogP contribution in [0.4, 0.5) is 0 Å². The molecule has 0 saturated carbocycles. The third-order valence-electron chi connectivity index (χ3n) is 5.29. The van der Waals surface area contributed by atoms with Crippen LogP contribution < -0.4 is 4.74 Å². The first-order valence-corrected chi connectivity index (χ1v) is 11.4. The van der Waals surface area contributed by atoms with Crippen molar-refractivity contribution in [3.63, 3.8) is 0 Å². The number of fused-ring (bicyclic) bond motifs is 1. The lowest BCUT2D eigenvalue weighted by atomic mass is 10.1. The monoisotopic (exact) mass is 424 g/mol. The van der Waals surface area contributed by atoms with Gasteiger partial charge in [0.1, 0.15) is 5.75 Å². The third-order valence-corrected chi connectivity index (χ3v) is 7.21. The number of carbonyl (C=O) groups excluding carboxylic acids is 1. The SMILES string of the molecule is CCOc1ccc(S(=O)(=O)N2CCN(C(=O)c3ccc4ccccc4c3)CC2)cc1. The molecular weight excluding hydrogens is 400 g/mol. The Balaban J connectivity index is 1.44. The average molecular weight is 425 g/mol. The van der Waals surface area contributed by atoms with Crippen molar-refractivity contribution >= 4 is 26.7 Å². The van der Waals surface area contributed by atoms with Crippen LogP contribution in [0.2, 0.25) is 0 Å². The lowest BCUT2D eigenvalue weighted by Gasteiger charge is -2.34. The number of hydrogen-bond donors (Lipinski definition) is 0. The number of amides is 1. The summed E-state index contributed by atoms with van der Waals surface area (Å²) >= 11 is 0. The minimum absolute atomic E-state index is 0.0705. The van der Waals surface area contributed by atoms with Gasteiger partial charge in [0.15, 0.2) is 0 Å². The number of sulfonamides is 1. The van der Waals surface area contributed by atoms with Crippen LogP contribution in [0.5, 0.6) is 5.75 Å². The first-order valence-electron chi connectivity index (χ1n) is 10.00. The van der Waals surface area contributed by atoms with E-state index in [2.05, 4.69) is 0 Å². The van der Waals surface area contributed by atoms with Crippen molar-refractivity contribution in [2.75, 3.05) is 32.8 Å². The van der Waals surface area contributed by atoms with Gasteiger partial charge in [0.05, 0.1) is 11.5 Å². The van der Waals surface area contributed by atoms with E-state index >= 15 is 0 Å². The lowest BCUT2D eigenvalue weighted by molar-refractivity contribution is 0.0698. The molecule has 1 fully saturated rings. The molecule has 156 valence electrons. The van der Waals surface area contributed by atoms with Crippen molar-refractivity contribution in [1.29, 1.82) is 0 Å². The van der Waals surface area contributed by atoms with Crippen LogP contribution in [0.15, 0.2) is 71.6 Å². The molecule has 1 aliphatic rings. The van der Waals surface area contributed by atoms with E-state index in [-0.39, 0.29) is 23.9 Å². The molecule has 6 nitrogen and oxygen atoms in total. The maximum atomic E-state index is 12.9. The Hall–Kier alpha value is -2.90. The van der Waals surface area contributed by atoms with Gasteiger partial charge in [0.2, 0.25) is 10.0 Å². The zero-order valence-electron chi connectivity index (χ0n) is 16.8. The molecule has 1 amide bonds. The summed E-state index contributed by atoms with van der Waals surface area (Å²) in [5, 5.41) is 2.10. The Morgan fingerprint density at radius 1 is 0.900 bits per heavy atom. The third kappa shape index (κ3) is 4.04. The van der Waals surface area contributed by atoms with Gasteiger partial charge in [-0.3, -0.25) is 4.79 Å². The number of benzene rings is 3. The van der Waals surface area contributed by atoms with Gasteiger partial charge in [-0.15, -0.1) is 0 Å². The van der Waals surface area contributed by atoms with Crippen molar-refractivity contribution in [3.05, 3.63) is 72.3 Å². The molecule has 4 rings (SSSR count). The standard InChI is InChI=1S/C23H24N2O4S/c1-2-29-21-9-11-22(12-10-21)30(27,28)25-15-13-24(14-16-25)23(26)20-8-7-18-5-3-4-6-19(18)17-20/h3-12,17H,2,13-16H2,1H3. The molecule has 0 bridgehead atoms. The van der Waals surface area contributed by atoms with E-state index in [4.69, 9.17) is 4.74 Å². The number of ether oxygens (including phenoxy) is 1. The number of piperazine rings is 1. The van der Waals surface area contributed by atoms with E-state index in [1.165, 1.54) is 4.31 Å². The highest BCUT2D eigenvalue weighted by molar-refractivity contribution is 7.89. The minimum atomic E-state index is -3.60. The molecule has 0 unspecified atom stereocenters. The highest BCUT2D eigenvalue weighted by Crippen LogP contribution is 2.22. The first kappa shape index (κ1) is 20.4. The molecule has 0 aliphatic carbocycles. The smallest absolute Gasteiger partial charge is 0.253 e. The zero-order valence-corrected chi connectivity index (χ0v) is 17.6. The first-order chi connectivity index (χ1) is 14.5. The van der Waals surface area contributed by atoms with Gasteiger partial charge in [-0.2, -0.15) is 4.31 Å². The summed E-state index contributed by atoms with van der Waals surface area (Å²) in [5.41, 5.74) is 0.622. The van der Waals surface area contributed by atoms with E-state index in [1.54, 1.807) is 29.2 Å². The van der Waals surface area contributed by atoms with Crippen LogP contribution in [0.1, 0.15) is 17.3 Å². The zero-order chi connectivity index (χ0) is 21.1. The second kappa shape index (κ2) is 8.45. The fourth-order valence-corrected chi connectivity index (χ4v) is 5.08. The summed E-state index contributed by atoms with van der Waals surface area (Å²) in [4.78, 5) is 14.9. The molecule has 0 radical (unpaired) electrons. The summed E-state index contributed by atoms with van der Waals surface area (Å²) in [6.07, 6.45) is 0. The molecule has 3 aromatic rings. The van der Waals surface area contributed by atoms with Gasteiger partial charge in [0.25, 0.3) is 5.91 Å². The highest BCUT2D eigenvalue weighted by Gasteiger charge is 2.30. The summed E-state index contributed by atoms with van der Waals surface area (Å²) in [7, 11) is -3.60. The van der Waals surface area contributed by atoms with E-state index in [1.807, 2.05) is 49.4 Å². The van der Waals surface area contributed by atoms with Gasteiger partial charge in [0, 0.05) is 31.7 Å². The molecule has 1 heterocycles. The number of rotatable bonds is 5. The van der Waals surface area contributed by atoms with Crippen LogP contribution in [0, 0.1) is 0 Å². The Kier molecular flexibility index (Phi) is 5.74. The molecule has 7 heteroatoms. The fourth-order valence-electron chi connectivity index (χ4n) is 3.66. The van der Waals surface area contributed by atoms with E-state index in [0.29, 0.717) is 31.0 Å². The minimum Gasteiger partial charge on any atom is -0.494 e. The Bertz CT molecular complexity index is 1150. The van der Waals surface area contributed by atoms with Gasteiger partial charge >= 0.3 is 0 Å². The molecule has 1 saturated heterocycles. The Morgan fingerprint density at radius 2 is 1.57 bits per heavy atom. The van der Waals surface area contributed by atoms with Gasteiger partial charge in [-0.05, 0) is 54.1 Å². The molecule has 0 spiro atoms. The van der Waals surface area contributed by atoms with Crippen LogP contribution in [0.25, 0.3) is 10.8 Å². The quantitative estimate of drug-likeness (QED) is 0.630. The van der Waals surface area contributed by atoms with Crippen molar-refractivity contribution in [2.24, 2.45) is 0 Å². The van der Waals surface area contributed by atoms with Gasteiger partial charge in [-0.25, -0.2) is 8.42 Å². The van der Waals surface area contributed by atoms with Crippen molar-refractivity contribution in [3.8, 4) is 5.75 Å². The summed E-state index contributed by atoms with van der Waals surface area (Å²) < 4.78 is 32.7. The predicted octanol–water partition coefficient (Wildman–Crippen LogP) is 3.39. The normalized spacial score (nSPS) is 15.3. The summed E-state index contributed by atoms with van der Waals surface area (Å²) in [5.74, 6) is 0.570. The predicted molar refractivity (Wildman–Crippen MR) is 116 cm³/mol. The fraction of sp³-hybridized carbons (Fsp3) is 0.261. The molecule has 1 aliphatic heterocycles. The lowest BCUT2D eigenvalue weighted by Crippen LogP contribution is -2.50. The second-order valence-corrected chi connectivity index (χ2v) is 9.10. The maximum Gasteiger partial charge on any atom is 0.253 e. The molecular formula is C23H24N2O4S. The largest absolute Gasteiger partial charge is 0.494 e. The van der Waals surface area contributed by atoms with Crippen molar-refractivity contribution in [2.45, 2.75) is 11.8 Å². The summed E-state index contributed by atoms with van der Waals surface area (Å²) in [6, 6.07) is 20.0. The molecule has 30 heavy (non-hydrogen) atoms. The number of nitrogens with zero attached hydrogens (tertiary/aromatic N) is 2. The average Bonchev–Trinajstić information content (AvgIpc) is 2.79. The van der Waals surface area contributed by atoms with E-state index in [0.717, 1.165) is 10.8 Å². The van der Waals surface area contributed by atoms with E-state index in [9.17, 15) is 13.2 Å². The van der Waals surface area contributed by atoms with Gasteiger partial charge in [-0.1, -0.05) is 30.3 Å². The molecule has 0 aromatic heterocycles. The molecule has 0 N–H and O–H groups in total. The molecule has 3 aromatic carbocycles. The summed E-state index contributed by atoms with van der Waals surface area (Å²) in [6.45, 7) is 3.68. The number of hydrogen-bond acceptors (Lipinski definition) is 4. The van der Waals surface area contributed by atoms with Crippen LogP contribution >= 0.6 is 0 Å². The highest BCUT2D eigenvalue weighted by atomic mass is 32.2. The van der Waals surface area contributed by atoms with Gasteiger partial charge < -0.3 is 9.64 Å². The topological polar surface area (TPSA) is 66.9 Å². The van der Waals surface area contributed by atoms with Crippen LogP contribution in [-0.2, 0) is 10.0 Å². The number of carbonyl (C=O) groups is 1. The van der Waals surface area contributed by atoms with Crippen molar-refractivity contribution in [1.82, 2.24) is 9.21 Å². The second-order valence-electron chi connectivity index (χ2n) is 7.16. The maximum absolute atomic E-state index is 12.9. The van der Waals surface area contributed by atoms with Crippen LogP contribution in [0.3, 0.4) is 0 Å². The van der Waals surface area contributed by atoms with E-state index < -0.39 is 10.0 Å².